The normalized spacial score (nSPS) is 10.8. The van der Waals surface area contributed by atoms with Crippen molar-refractivity contribution in [3.63, 3.8) is 0 Å². The predicted octanol–water partition coefficient (Wildman–Crippen LogP) is 1.03. The zero-order valence-electron chi connectivity index (χ0n) is 10.2. The summed E-state index contributed by atoms with van der Waals surface area (Å²) in [6.07, 6.45) is 1.35. The van der Waals surface area contributed by atoms with Gasteiger partial charge >= 0.3 is 0 Å². The molecule has 0 unspecified atom stereocenters. The van der Waals surface area contributed by atoms with E-state index in [0.717, 1.165) is 5.69 Å². The third-order valence-electron chi connectivity index (χ3n) is 1.92. The molecule has 0 fully saturated rings. The lowest BCUT2D eigenvalue weighted by Crippen LogP contribution is -2.28. The number of carbonyl (C=O) groups excluding carboxylic acids is 1. The first kappa shape index (κ1) is 14.2. The van der Waals surface area contributed by atoms with E-state index in [-0.39, 0.29) is 5.57 Å². The van der Waals surface area contributed by atoms with Crippen molar-refractivity contribution in [1.29, 1.82) is 5.26 Å². The highest BCUT2D eigenvalue weighted by Gasteiger charge is 2.08. The summed E-state index contributed by atoms with van der Waals surface area (Å²) in [6.45, 7) is 2.64. The van der Waals surface area contributed by atoms with Gasteiger partial charge < -0.3 is 15.4 Å². The van der Waals surface area contributed by atoms with Crippen molar-refractivity contribution in [2.45, 2.75) is 6.92 Å². The van der Waals surface area contributed by atoms with Crippen molar-refractivity contribution in [1.82, 2.24) is 10.3 Å². The third kappa shape index (κ3) is 4.53. The Morgan fingerprint density at radius 3 is 3.06 bits per heavy atom. The molecule has 0 saturated carbocycles. The Labute approximate surface area is 109 Å². The summed E-state index contributed by atoms with van der Waals surface area (Å²) in [5, 5.41) is 16.8. The number of aryl methyl sites for hydroxylation is 1. The molecular weight excluding hydrogens is 252 g/mol. The zero-order valence-corrected chi connectivity index (χ0v) is 11.0. The van der Waals surface area contributed by atoms with Gasteiger partial charge in [-0.25, -0.2) is 4.98 Å². The van der Waals surface area contributed by atoms with Crippen LogP contribution in [0.1, 0.15) is 5.69 Å². The number of hydrogen-bond donors (Lipinski definition) is 2. The molecule has 0 bridgehead atoms. The molecule has 1 aromatic heterocycles. The first-order chi connectivity index (χ1) is 8.67. The summed E-state index contributed by atoms with van der Waals surface area (Å²) in [5.41, 5.74) is 0.887. The van der Waals surface area contributed by atoms with E-state index >= 15 is 0 Å². The van der Waals surface area contributed by atoms with Crippen molar-refractivity contribution in [2.24, 2.45) is 0 Å². The molecule has 0 aromatic carbocycles. The van der Waals surface area contributed by atoms with E-state index in [1.54, 1.807) is 7.11 Å². The Hall–Kier alpha value is -1.91. The number of nitriles is 1. The smallest absolute Gasteiger partial charge is 0.263 e. The fourth-order valence-corrected chi connectivity index (χ4v) is 1.72. The number of hydrogen-bond acceptors (Lipinski definition) is 6. The second kappa shape index (κ2) is 7.42. The largest absolute Gasteiger partial charge is 0.383 e. The van der Waals surface area contributed by atoms with Gasteiger partial charge in [-0.15, -0.1) is 11.3 Å². The lowest BCUT2D eigenvalue weighted by molar-refractivity contribution is -0.117. The summed E-state index contributed by atoms with van der Waals surface area (Å²) in [5.74, 6) is -0.435. The molecule has 0 aliphatic heterocycles. The number of rotatable bonds is 6. The number of amides is 1. The highest BCUT2D eigenvalue weighted by Crippen LogP contribution is 2.14. The van der Waals surface area contributed by atoms with Gasteiger partial charge in [-0.2, -0.15) is 5.26 Å². The number of ether oxygens (including phenoxy) is 1. The van der Waals surface area contributed by atoms with Crippen LogP contribution in [0.4, 0.5) is 5.13 Å². The SMILES string of the molecule is COCCNC(=O)/C(C#N)=C\Nc1nc(C)cs1. The van der Waals surface area contributed by atoms with Gasteiger partial charge in [-0.05, 0) is 6.92 Å². The highest BCUT2D eigenvalue weighted by molar-refractivity contribution is 7.13. The molecule has 7 heteroatoms. The second-order valence-electron chi connectivity index (χ2n) is 3.36. The maximum absolute atomic E-state index is 11.6. The van der Waals surface area contributed by atoms with E-state index in [1.807, 2.05) is 18.4 Å². The number of thiazole rings is 1. The Morgan fingerprint density at radius 1 is 1.72 bits per heavy atom. The highest BCUT2D eigenvalue weighted by atomic mass is 32.1. The molecule has 0 atom stereocenters. The molecule has 0 aliphatic carbocycles. The van der Waals surface area contributed by atoms with E-state index in [4.69, 9.17) is 10.00 Å². The summed E-state index contributed by atoms with van der Waals surface area (Å²) >= 11 is 1.41. The standard InChI is InChI=1S/C11H14N4O2S/c1-8-7-18-11(15-8)14-6-9(5-12)10(16)13-3-4-17-2/h6-7H,3-4H2,1-2H3,(H,13,16)(H,14,15)/b9-6-. The van der Waals surface area contributed by atoms with Gasteiger partial charge in [0.15, 0.2) is 5.13 Å². The van der Waals surface area contributed by atoms with Gasteiger partial charge in [-0.1, -0.05) is 0 Å². The van der Waals surface area contributed by atoms with E-state index < -0.39 is 5.91 Å². The molecule has 0 radical (unpaired) electrons. The van der Waals surface area contributed by atoms with Crippen molar-refractivity contribution in [3.05, 3.63) is 22.8 Å². The average Bonchev–Trinajstić information content (AvgIpc) is 2.76. The van der Waals surface area contributed by atoms with Crippen LogP contribution in [0.25, 0.3) is 0 Å². The molecule has 2 N–H and O–H groups in total. The molecule has 6 nitrogen and oxygen atoms in total. The lowest BCUT2D eigenvalue weighted by atomic mass is 10.3. The van der Waals surface area contributed by atoms with Crippen molar-refractivity contribution >= 4 is 22.4 Å². The van der Waals surface area contributed by atoms with Crippen LogP contribution >= 0.6 is 11.3 Å². The molecular formula is C11H14N4O2S. The third-order valence-corrected chi connectivity index (χ3v) is 2.81. The maximum atomic E-state index is 11.6. The summed E-state index contributed by atoms with van der Waals surface area (Å²) in [7, 11) is 1.54. The first-order valence-corrected chi connectivity index (χ1v) is 6.11. The van der Waals surface area contributed by atoms with E-state index in [9.17, 15) is 4.79 Å². The number of nitrogens with zero attached hydrogens (tertiary/aromatic N) is 2. The summed E-state index contributed by atoms with van der Waals surface area (Å²) in [4.78, 5) is 15.7. The van der Waals surface area contributed by atoms with Crippen LogP contribution in [0.15, 0.2) is 17.2 Å². The molecule has 1 heterocycles. The minimum Gasteiger partial charge on any atom is -0.383 e. The number of nitrogens with one attached hydrogen (secondary N) is 2. The van der Waals surface area contributed by atoms with E-state index in [0.29, 0.717) is 18.3 Å². The summed E-state index contributed by atoms with van der Waals surface area (Å²) in [6, 6.07) is 1.83. The monoisotopic (exact) mass is 266 g/mol. The van der Waals surface area contributed by atoms with Crippen molar-refractivity contribution < 1.29 is 9.53 Å². The molecule has 0 saturated heterocycles. The molecule has 0 spiro atoms. The fraction of sp³-hybridized carbons (Fsp3) is 0.364. The van der Waals surface area contributed by atoms with Crippen LogP contribution in [0, 0.1) is 18.3 Å². The van der Waals surface area contributed by atoms with Crippen LogP contribution < -0.4 is 10.6 Å². The topological polar surface area (TPSA) is 87.0 Å². The van der Waals surface area contributed by atoms with Crippen molar-refractivity contribution in [3.8, 4) is 6.07 Å². The maximum Gasteiger partial charge on any atom is 0.263 e. The molecule has 18 heavy (non-hydrogen) atoms. The number of aromatic nitrogens is 1. The van der Waals surface area contributed by atoms with Gasteiger partial charge in [0.25, 0.3) is 5.91 Å². The lowest BCUT2D eigenvalue weighted by Gasteiger charge is -2.03. The minimum atomic E-state index is -0.435. The van der Waals surface area contributed by atoms with Gasteiger partial charge in [0.2, 0.25) is 0 Å². The van der Waals surface area contributed by atoms with Crippen LogP contribution in [0.2, 0.25) is 0 Å². The molecule has 96 valence electrons. The predicted molar refractivity (Wildman–Crippen MR) is 69.1 cm³/mol. The molecule has 1 rings (SSSR count). The Morgan fingerprint density at radius 2 is 2.50 bits per heavy atom. The number of anilines is 1. The molecule has 0 aliphatic rings. The van der Waals surface area contributed by atoms with Crippen LogP contribution in [0.3, 0.4) is 0 Å². The first-order valence-electron chi connectivity index (χ1n) is 5.23. The summed E-state index contributed by atoms with van der Waals surface area (Å²) < 4.78 is 4.80. The Bertz CT molecular complexity index is 476. The Balaban J connectivity index is 2.54. The number of methoxy groups -OCH3 is 1. The van der Waals surface area contributed by atoms with Gasteiger partial charge in [0.1, 0.15) is 11.6 Å². The van der Waals surface area contributed by atoms with Gasteiger partial charge in [-0.3, -0.25) is 4.79 Å². The zero-order chi connectivity index (χ0) is 13.4. The van der Waals surface area contributed by atoms with Gasteiger partial charge in [0.05, 0.1) is 12.3 Å². The van der Waals surface area contributed by atoms with Crippen LogP contribution in [-0.2, 0) is 9.53 Å². The number of carbonyl (C=O) groups is 1. The molecule has 1 aromatic rings. The fourth-order valence-electron chi connectivity index (χ4n) is 1.06. The van der Waals surface area contributed by atoms with Gasteiger partial charge in [0, 0.05) is 25.2 Å². The van der Waals surface area contributed by atoms with Crippen molar-refractivity contribution in [2.75, 3.05) is 25.6 Å². The van der Waals surface area contributed by atoms with E-state index in [2.05, 4.69) is 15.6 Å². The van der Waals surface area contributed by atoms with Crippen LogP contribution in [-0.4, -0.2) is 31.2 Å². The van der Waals surface area contributed by atoms with E-state index in [1.165, 1.54) is 17.5 Å². The average molecular weight is 266 g/mol. The second-order valence-corrected chi connectivity index (χ2v) is 4.21. The molecule has 1 amide bonds. The minimum absolute atomic E-state index is 0.000967. The Kier molecular flexibility index (Phi) is 5.84. The quantitative estimate of drug-likeness (QED) is 0.456. The van der Waals surface area contributed by atoms with Crippen LogP contribution in [0.5, 0.6) is 0 Å².